The maximum atomic E-state index is 13.9. The molecule has 0 spiro atoms. The Hall–Kier alpha value is -4.27. The molecule has 0 amide bonds. The summed E-state index contributed by atoms with van der Waals surface area (Å²) in [6.07, 6.45) is -5.05. The van der Waals surface area contributed by atoms with Crippen molar-refractivity contribution in [2.75, 3.05) is 7.11 Å². The molecule has 192 valence electrons. The van der Waals surface area contributed by atoms with Gasteiger partial charge in [0, 0.05) is 6.07 Å². The summed E-state index contributed by atoms with van der Waals surface area (Å²) in [5.41, 5.74) is -0.301. The Balaban J connectivity index is 1.71. The molecule has 0 saturated carbocycles. The fourth-order valence-electron chi connectivity index (χ4n) is 3.58. The minimum absolute atomic E-state index is 0.0907. The van der Waals surface area contributed by atoms with Crippen LogP contribution in [-0.4, -0.2) is 13.1 Å². The van der Waals surface area contributed by atoms with E-state index in [1.165, 1.54) is 37.4 Å². The highest BCUT2D eigenvalue weighted by Gasteiger charge is 2.40. The number of carbonyl (C=O) groups is 1. The number of ether oxygens (including phenoxy) is 3. The smallest absolute Gasteiger partial charge is 0.453 e. The van der Waals surface area contributed by atoms with Crippen LogP contribution in [0, 0.1) is 0 Å². The zero-order valence-corrected chi connectivity index (χ0v) is 20.4. The molecule has 6 nitrogen and oxygen atoms in total. The first-order valence-corrected chi connectivity index (χ1v) is 11.2. The minimum Gasteiger partial charge on any atom is -0.493 e. The van der Waals surface area contributed by atoms with E-state index >= 15 is 0 Å². The lowest BCUT2D eigenvalue weighted by Gasteiger charge is -2.18. The Morgan fingerprint density at radius 1 is 0.892 bits per heavy atom. The highest BCUT2D eigenvalue weighted by Crippen LogP contribution is 2.40. The van der Waals surface area contributed by atoms with Crippen molar-refractivity contribution >= 4 is 16.9 Å². The van der Waals surface area contributed by atoms with Crippen molar-refractivity contribution in [1.29, 1.82) is 0 Å². The molecule has 0 saturated heterocycles. The average molecular weight is 512 g/mol. The third kappa shape index (κ3) is 5.45. The number of benzene rings is 3. The van der Waals surface area contributed by atoms with Gasteiger partial charge < -0.3 is 18.6 Å². The summed E-state index contributed by atoms with van der Waals surface area (Å²) >= 11 is 0. The summed E-state index contributed by atoms with van der Waals surface area (Å²) < 4.78 is 62.4. The van der Waals surface area contributed by atoms with Gasteiger partial charge in [0.2, 0.25) is 11.2 Å². The van der Waals surface area contributed by atoms with E-state index in [1.807, 2.05) is 20.8 Å². The maximum Gasteiger partial charge on any atom is 0.453 e. The molecular weight excluding hydrogens is 489 g/mol. The van der Waals surface area contributed by atoms with E-state index in [0.717, 1.165) is 11.6 Å². The Morgan fingerprint density at radius 3 is 2.14 bits per heavy atom. The molecule has 1 aromatic heterocycles. The third-order valence-electron chi connectivity index (χ3n) is 5.56. The Kier molecular flexibility index (Phi) is 6.73. The second-order valence-electron chi connectivity index (χ2n) is 9.21. The zero-order valence-electron chi connectivity index (χ0n) is 20.4. The lowest BCUT2D eigenvalue weighted by Crippen LogP contribution is -2.16. The van der Waals surface area contributed by atoms with Crippen molar-refractivity contribution in [1.82, 2.24) is 0 Å². The maximum absolute atomic E-state index is 13.9. The van der Waals surface area contributed by atoms with Gasteiger partial charge in [-0.1, -0.05) is 45.0 Å². The molecule has 0 radical (unpaired) electrons. The third-order valence-corrected chi connectivity index (χ3v) is 5.56. The van der Waals surface area contributed by atoms with Gasteiger partial charge in [0.05, 0.1) is 18.1 Å². The number of fused-ring (bicyclic) bond motifs is 1. The molecule has 0 aliphatic rings. The lowest BCUT2D eigenvalue weighted by atomic mass is 9.87. The van der Waals surface area contributed by atoms with E-state index in [2.05, 4.69) is 0 Å². The number of rotatable bonds is 5. The number of hydrogen-bond donors (Lipinski definition) is 0. The second-order valence-corrected chi connectivity index (χ2v) is 9.21. The fraction of sp³-hybridized carbons (Fsp3) is 0.214. The topological polar surface area (TPSA) is 75.0 Å². The molecule has 0 aliphatic heterocycles. The SMILES string of the molecule is COc1ccccc1Oc1c(C(F)(F)F)oc2cc(OC(=O)c3ccc(C(C)(C)C)cc3)ccc2c1=O. The van der Waals surface area contributed by atoms with Crippen LogP contribution in [0.5, 0.6) is 23.0 Å². The van der Waals surface area contributed by atoms with E-state index in [1.54, 1.807) is 30.3 Å². The molecule has 0 unspecified atom stereocenters. The predicted molar refractivity (Wildman–Crippen MR) is 131 cm³/mol. The molecule has 0 fully saturated rings. The van der Waals surface area contributed by atoms with Gasteiger partial charge >= 0.3 is 12.1 Å². The van der Waals surface area contributed by atoms with Gasteiger partial charge in [-0.25, -0.2) is 4.79 Å². The summed E-state index contributed by atoms with van der Waals surface area (Å²) in [6.45, 7) is 6.10. The number of hydrogen-bond acceptors (Lipinski definition) is 6. The van der Waals surface area contributed by atoms with E-state index in [9.17, 15) is 22.8 Å². The number of esters is 1. The summed E-state index contributed by atoms with van der Waals surface area (Å²) in [4.78, 5) is 25.6. The Morgan fingerprint density at radius 2 is 1.54 bits per heavy atom. The van der Waals surface area contributed by atoms with E-state index < -0.39 is 34.7 Å². The van der Waals surface area contributed by atoms with Gasteiger partial charge in [0.15, 0.2) is 11.5 Å². The normalized spacial score (nSPS) is 11.9. The van der Waals surface area contributed by atoms with Gasteiger partial charge in [0.1, 0.15) is 11.3 Å². The van der Waals surface area contributed by atoms with Crippen molar-refractivity contribution < 1.29 is 36.6 Å². The lowest BCUT2D eigenvalue weighted by molar-refractivity contribution is -0.154. The number of carbonyl (C=O) groups excluding carboxylic acids is 1. The molecule has 37 heavy (non-hydrogen) atoms. The van der Waals surface area contributed by atoms with Gasteiger partial charge in [-0.3, -0.25) is 4.79 Å². The quantitative estimate of drug-likeness (QED) is 0.209. The van der Waals surface area contributed by atoms with Crippen molar-refractivity contribution in [2.24, 2.45) is 0 Å². The second kappa shape index (κ2) is 9.65. The molecule has 0 atom stereocenters. The highest BCUT2D eigenvalue weighted by molar-refractivity contribution is 5.91. The van der Waals surface area contributed by atoms with Crippen molar-refractivity contribution in [3.63, 3.8) is 0 Å². The van der Waals surface area contributed by atoms with E-state index in [4.69, 9.17) is 18.6 Å². The predicted octanol–water partition coefficient (Wildman–Crippen LogP) is 7.13. The van der Waals surface area contributed by atoms with Crippen LogP contribution in [0.15, 0.2) is 75.9 Å². The van der Waals surface area contributed by atoms with Crippen LogP contribution in [0.25, 0.3) is 11.0 Å². The van der Waals surface area contributed by atoms with E-state index in [0.29, 0.717) is 0 Å². The first kappa shape index (κ1) is 25.8. The van der Waals surface area contributed by atoms with Crippen molar-refractivity contribution in [3.05, 3.63) is 93.8 Å². The van der Waals surface area contributed by atoms with E-state index in [-0.39, 0.29) is 33.6 Å². The minimum atomic E-state index is -5.05. The summed E-state index contributed by atoms with van der Waals surface area (Å²) in [5.74, 6) is -3.43. The molecule has 0 bridgehead atoms. The molecule has 3 aromatic carbocycles. The first-order valence-electron chi connectivity index (χ1n) is 11.2. The number of halogens is 3. The number of para-hydroxylation sites is 2. The largest absolute Gasteiger partial charge is 0.493 e. The first-order chi connectivity index (χ1) is 17.4. The molecular formula is C28H23F3O6. The Labute approximate surface area is 210 Å². The molecule has 9 heteroatoms. The number of alkyl halides is 3. The highest BCUT2D eigenvalue weighted by atomic mass is 19.4. The molecule has 0 N–H and O–H groups in total. The molecule has 0 aliphatic carbocycles. The molecule has 4 aromatic rings. The zero-order chi connectivity index (χ0) is 27.0. The van der Waals surface area contributed by atoms with Gasteiger partial charge in [-0.05, 0) is 47.4 Å². The summed E-state index contributed by atoms with van der Waals surface area (Å²) in [6, 6.07) is 16.3. The molecule has 1 heterocycles. The monoisotopic (exact) mass is 512 g/mol. The van der Waals surface area contributed by atoms with Crippen LogP contribution in [-0.2, 0) is 11.6 Å². The summed E-state index contributed by atoms with van der Waals surface area (Å²) in [5, 5.41) is -0.188. The van der Waals surface area contributed by atoms with Crippen LogP contribution in [0.4, 0.5) is 13.2 Å². The van der Waals surface area contributed by atoms with Gasteiger partial charge in [0.25, 0.3) is 5.76 Å². The van der Waals surface area contributed by atoms with Gasteiger partial charge in [-0.2, -0.15) is 13.2 Å². The van der Waals surface area contributed by atoms with Crippen LogP contribution in [0.1, 0.15) is 42.5 Å². The van der Waals surface area contributed by atoms with Crippen LogP contribution < -0.4 is 19.6 Å². The fourth-order valence-corrected chi connectivity index (χ4v) is 3.58. The Bertz CT molecular complexity index is 1510. The van der Waals surface area contributed by atoms with Crippen LogP contribution in [0.2, 0.25) is 0 Å². The molecule has 4 rings (SSSR count). The average Bonchev–Trinajstić information content (AvgIpc) is 2.84. The van der Waals surface area contributed by atoms with Crippen molar-refractivity contribution in [2.45, 2.75) is 32.4 Å². The summed E-state index contributed by atoms with van der Waals surface area (Å²) in [7, 11) is 1.32. The van der Waals surface area contributed by atoms with Gasteiger partial charge in [-0.15, -0.1) is 0 Å². The number of methoxy groups -OCH3 is 1. The standard InChI is InChI=1S/C28H23F3O6/c1-27(2,3)17-11-9-16(10-12-17)26(33)35-18-13-14-19-22(15-18)37-25(28(29,30)31)24(23(19)32)36-21-8-6-5-7-20(21)34-4/h5-15H,1-4H3. The van der Waals surface area contributed by atoms with Crippen LogP contribution >= 0.6 is 0 Å². The van der Waals surface area contributed by atoms with Crippen molar-refractivity contribution in [3.8, 4) is 23.0 Å². The van der Waals surface area contributed by atoms with Crippen LogP contribution in [0.3, 0.4) is 0 Å².